The first-order valence-corrected chi connectivity index (χ1v) is 6.67. The molecule has 1 aromatic heterocycles. The maximum Gasteiger partial charge on any atom is 0.149 e. The van der Waals surface area contributed by atoms with Gasteiger partial charge in [-0.15, -0.1) is 0 Å². The Morgan fingerprint density at radius 2 is 2.11 bits per heavy atom. The molecule has 0 fully saturated rings. The van der Waals surface area contributed by atoms with Crippen LogP contribution >= 0.6 is 0 Å². The second-order valence-corrected chi connectivity index (χ2v) is 5.54. The Morgan fingerprint density at radius 1 is 1.32 bits per heavy atom. The van der Waals surface area contributed by atoms with Crippen molar-refractivity contribution in [2.24, 2.45) is 5.92 Å². The van der Waals surface area contributed by atoms with E-state index in [0.29, 0.717) is 18.3 Å². The van der Waals surface area contributed by atoms with E-state index >= 15 is 0 Å². The lowest BCUT2D eigenvalue weighted by molar-refractivity contribution is 0.134. The lowest BCUT2D eigenvalue weighted by Gasteiger charge is -2.08. The van der Waals surface area contributed by atoms with E-state index in [1.807, 2.05) is 0 Å². The van der Waals surface area contributed by atoms with Crippen molar-refractivity contribution in [3.63, 3.8) is 0 Å². The Hall–Kier alpha value is -1.81. The average molecular weight is 257 g/mol. The lowest BCUT2D eigenvalue weighted by atomic mass is 9.97. The number of H-pyrrole nitrogens is 1. The molecule has 1 aromatic carbocycles. The fraction of sp³-hybridized carbons (Fsp3) is 0.400. The largest absolute Gasteiger partial charge is 0.382 e. The van der Waals surface area contributed by atoms with E-state index in [4.69, 9.17) is 10.5 Å². The molecule has 0 radical (unpaired) electrons. The molecule has 0 aliphatic carbocycles. The summed E-state index contributed by atoms with van der Waals surface area (Å²) >= 11 is 0. The molecular weight excluding hydrogens is 238 g/mol. The fourth-order valence-electron chi connectivity index (χ4n) is 2.56. The maximum atomic E-state index is 5.97. The number of hydrogen-bond donors (Lipinski definition) is 2. The number of aromatic nitrogens is 2. The minimum Gasteiger partial charge on any atom is -0.382 e. The van der Waals surface area contributed by atoms with Crippen LogP contribution in [0, 0.1) is 5.92 Å². The first-order chi connectivity index (χ1) is 9.15. The summed E-state index contributed by atoms with van der Waals surface area (Å²) in [5.41, 5.74) is 11.8. The number of aromatic amines is 1. The van der Waals surface area contributed by atoms with Gasteiger partial charge in [-0.1, -0.05) is 26.0 Å². The summed E-state index contributed by atoms with van der Waals surface area (Å²) < 4.78 is 5.46. The van der Waals surface area contributed by atoms with Crippen LogP contribution in [-0.4, -0.2) is 10.2 Å². The van der Waals surface area contributed by atoms with Crippen molar-refractivity contribution >= 4 is 5.82 Å². The monoisotopic (exact) mass is 257 g/mol. The Balaban J connectivity index is 2.02. The number of nitrogens with one attached hydrogen (secondary N) is 1. The topological polar surface area (TPSA) is 63.9 Å². The molecule has 0 saturated carbocycles. The number of nitrogen functional groups attached to an aromatic ring is 1. The summed E-state index contributed by atoms with van der Waals surface area (Å²) in [5, 5.41) is 7.23. The third-order valence-electron chi connectivity index (χ3n) is 3.52. The van der Waals surface area contributed by atoms with Crippen molar-refractivity contribution in [3.05, 3.63) is 34.9 Å². The molecule has 4 nitrogen and oxygen atoms in total. The van der Waals surface area contributed by atoms with Crippen LogP contribution in [0.3, 0.4) is 0 Å². The first kappa shape index (κ1) is 12.2. The Morgan fingerprint density at radius 3 is 2.89 bits per heavy atom. The predicted molar refractivity (Wildman–Crippen MR) is 75.5 cm³/mol. The van der Waals surface area contributed by atoms with Crippen molar-refractivity contribution in [2.75, 3.05) is 5.73 Å². The van der Waals surface area contributed by atoms with E-state index < -0.39 is 0 Å². The van der Waals surface area contributed by atoms with Crippen LogP contribution < -0.4 is 5.73 Å². The van der Waals surface area contributed by atoms with Crippen molar-refractivity contribution < 1.29 is 4.74 Å². The van der Waals surface area contributed by atoms with Gasteiger partial charge in [0.05, 0.1) is 18.9 Å². The molecular formula is C15H19N3O. The van der Waals surface area contributed by atoms with Crippen LogP contribution in [0.25, 0.3) is 11.3 Å². The van der Waals surface area contributed by atoms with Gasteiger partial charge in [-0.2, -0.15) is 5.10 Å². The van der Waals surface area contributed by atoms with E-state index in [2.05, 4.69) is 42.2 Å². The van der Waals surface area contributed by atoms with E-state index in [1.54, 1.807) is 0 Å². The van der Waals surface area contributed by atoms with Gasteiger partial charge >= 0.3 is 0 Å². The van der Waals surface area contributed by atoms with Crippen LogP contribution in [0.4, 0.5) is 5.82 Å². The van der Waals surface area contributed by atoms with Gasteiger partial charge in [-0.05, 0) is 29.5 Å². The molecule has 0 unspecified atom stereocenters. The molecule has 2 aromatic rings. The number of rotatable bonds is 3. The zero-order valence-electron chi connectivity index (χ0n) is 11.4. The van der Waals surface area contributed by atoms with E-state index in [1.165, 1.54) is 11.1 Å². The molecule has 1 aliphatic heterocycles. The predicted octanol–water partition coefficient (Wildman–Crippen LogP) is 2.89. The molecule has 0 spiro atoms. The molecule has 4 heteroatoms. The number of benzene rings is 1. The van der Waals surface area contributed by atoms with Gasteiger partial charge in [-0.25, -0.2) is 0 Å². The number of anilines is 1. The number of fused-ring (bicyclic) bond motifs is 1. The summed E-state index contributed by atoms with van der Waals surface area (Å²) in [6, 6.07) is 6.43. The summed E-state index contributed by atoms with van der Waals surface area (Å²) in [5.74, 6) is 1.16. The van der Waals surface area contributed by atoms with E-state index in [0.717, 1.165) is 29.8 Å². The zero-order valence-corrected chi connectivity index (χ0v) is 11.4. The first-order valence-electron chi connectivity index (χ1n) is 6.67. The zero-order chi connectivity index (χ0) is 13.4. The highest BCUT2D eigenvalue weighted by Crippen LogP contribution is 2.30. The van der Waals surface area contributed by atoms with Gasteiger partial charge in [0.25, 0.3) is 0 Å². The summed E-state index contributed by atoms with van der Waals surface area (Å²) in [7, 11) is 0. The normalized spacial score (nSPS) is 14.1. The SMILES string of the molecule is CC(C)Cc1c(N)n[nH]c1-c1ccc2c(c1)COC2. The average Bonchev–Trinajstić information content (AvgIpc) is 2.96. The molecule has 0 saturated heterocycles. The number of nitrogens with two attached hydrogens (primary N) is 1. The molecule has 0 bridgehead atoms. The van der Waals surface area contributed by atoms with E-state index in [9.17, 15) is 0 Å². The summed E-state index contributed by atoms with van der Waals surface area (Å²) in [6.45, 7) is 5.80. The molecule has 19 heavy (non-hydrogen) atoms. The number of nitrogens with zero attached hydrogens (tertiary/aromatic N) is 1. The minimum atomic E-state index is 0.552. The number of ether oxygens (including phenoxy) is 1. The molecule has 3 N–H and O–H groups in total. The third kappa shape index (κ3) is 2.24. The Bertz CT molecular complexity index is 601. The summed E-state index contributed by atoms with van der Waals surface area (Å²) in [4.78, 5) is 0. The van der Waals surface area contributed by atoms with Gasteiger partial charge in [-0.3, -0.25) is 5.10 Å². The Labute approximate surface area is 113 Å². The molecule has 1 aliphatic rings. The van der Waals surface area contributed by atoms with Gasteiger partial charge in [0.2, 0.25) is 0 Å². The van der Waals surface area contributed by atoms with Crippen LogP contribution in [-0.2, 0) is 24.4 Å². The van der Waals surface area contributed by atoms with Crippen LogP contribution in [0.5, 0.6) is 0 Å². The summed E-state index contributed by atoms with van der Waals surface area (Å²) in [6.07, 6.45) is 0.936. The van der Waals surface area contributed by atoms with Gasteiger partial charge in [0.1, 0.15) is 5.82 Å². The van der Waals surface area contributed by atoms with Crippen LogP contribution in [0.1, 0.15) is 30.5 Å². The molecule has 3 rings (SSSR count). The van der Waals surface area contributed by atoms with Gasteiger partial charge in [0, 0.05) is 11.1 Å². The molecule has 2 heterocycles. The quantitative estimate of drug-likeness (QED) is 0.888. The second kappa shape index (κ2) is 4.70. The lowest BCUT2D eigenvalue weighted by Crippen LogP contribution is -1.99. The molecule has 0 atom stereocenters. The minimum absolute atomic E-state index is 0.552. The van der Waals surface area contributed by atoms with Gasteiger partial charge in [0.15, 0.2) is 0 Å². The van der Waals surface area contributed by atoms with Crippen molar-refractivity contribution in [1.29, 1.82) is 0 Å². The number of hydrogen-bond acceptors (Lipinski definition) is 3. The Kier molecular flexibility index (Phi) is 3.03. The van der Waals surface area contributed by atoms with Crippen molar-refractivity contribution in [3.8, 4) is 11.3 Å². The third-order valence-corrected chi connectivity index (χ3v) is 3.52. The van der Waals surface area contributed by atoms with Crippen molar-refractivity contribution in [2.45, 2.75) is 33.5 Å². The highest BCUT2D eigenvalue weighted by atomic mass is 16.5. The van der Waals surface area contributed by atoms with E-state index in [-0.39, 0.29) is 0 Å². The van der Waals surface area contributed by atoms with Gasteiger partial charge < -0.3 is 10.5 Å². The fourth-order valence-corrected chi connectivity index (χ4v) is 2.56. The smallest absolute Gasteiger partial charge is 0.149 e. The maximum absolute atomic E-state index is 5.97. The highest BCUT2D eigenvalue weighted by molar-refractivity contribution is 5.69. The molecule has 100 valence electrons. The second-order valence-electron chi connectivity index (χ2n) is 5.54. The highest BCUT2D eigenvalue weighted by Gasteiger charge is 2.17. The van der Waals surface area contributed by atoms with Crippen LogP contribution in [0.2, 0.25) is 0 Å². The van der Waals surface area contributed by atoms with Crippen molar-refractivity contribution in [1.82, 2.24) is 10.2 Å². The molecule has 0 amide bonds. The van der Waals surface area contributed by atoms with Crippen LogP contribution in [0.15, 0.2) is 18.2 Å². The standard InChI is InChI=1S/C15H19N3O/c1-9(2)5-13-14(17-18-15(13)16)10-3-4-11-7-19-8-12(11)6-10/h3-4,6,9H,5,7-8H2,1-2H3,(H3,16,17,18).